The number of hydrogen-bond donors (Lipinski definition) is 2. The first-order valence-electron chi connectivity index (χ1n) is 6.48. The molecule has 0 bridgehead atoms. The third kappa shape index (κ3) is 4.54. The highest BCUT2D eigenvalue weighted by molar-refractivity contribution is 7.90. The number of hydrogen-bond acceptors (Lipinski definition) is 4. The van der Waals surface area contributed by atoms with E-state index in [1.807, 2.05) is 0 Å². The average Bonchev–Trinajstić information content (AvgIpc) is 3.14. The minimum absolute atomic E-state index is 0.257. The van der Waals surface area contributed by atoms with Crippen LogP contribution in [0.3, 0.4) is 0 Å². The lowest BCUT2D eigenvalue weighted by Crippen LogP contribution is -2.39. The van der Waals surface area contributed by atoms with Gasteiger partial charge in [-0.2, -0.15) is 0 Å². The maximum atomic E-state index is 11.9. The summed E-state index contributed by atoms with van der Waals surface area (Å²) in [5, 5.41) is 3.11. The van der Waals surface area contributed by atoms with Crippen LogP contribution in [0.1, 0.15) is 32.1 Å². The van der Waals surface area contributed by atoms with Crippen molar-refractivity contribution in [3.63, 3.8) is 0 Å². The number of ether oxygens (including phenoxy) is 1. The van der Waals surface area contributed by atoms with Gasteiger partial charge in [0.1, 0.15) is 0 Å². The fraction of sp³-hybridized carbons (Fsp3) is 1.00. The second kappa shape index (κ2) is 6.13. The van der Waals surface area contributed by atoms with Gasteiger partial charge in [0.15, 0.2) is 0 Å². The molecule has 2 aliphatic rings. The lowest BCUT2D eigenvalue weighted by Gasteiger charge is -2.22. The van der Waals surface area contributed by atoms with E-state index in [9.17, 15) is 8.42 Å². The molecule has 0 unspecified atom stereocenters. The quantitative estimate of drug-likeness (QED) is 0.644. The van der Waals surface area contributed by atoms with E-state index in [-0.39, 0.29) is 5.25 Å². The largest absolute Gasteiger partial charge is 0.381 e. The molecule has 2 rings (SSSR count). The Labute approximate surface area is 103 Å². The van der Waals surface area contributed by atoms with Gasteiger partial charge in [0.05, 0.1) is 5.25 Å². The van der Waals surface area contributed by atoms with Gasteiger partial charge in [0.25, 0.3) is 0 Å². The van der Waals surface area contributed by atoms with E-state index >= 15 is 0 Å². The standard InChI is InChI=1S/C11H22N2O3S/c14-17(15,11-4-8-16-9-5-11)13-7-1-6-12-10-2-3-10/h10-13H,1-9H2. The van der Waals surface area contributed by atoms with Gasteiger partial charge in [-0.1, -0.05) is 0 Å². The van der Waals surface area contributed by atoms with Crippen molar-refractivity contribution in [3.8, 4) is 0 Å². The van der Waals surface area contributed by atoms with Gasteiger partial charge in [0.2, 0.25) is 10.0 Å². The van der Waals surface area contributed by atoms with Gasteiger partial charge in [0, 0.05) is 25.8 Å². The van der Waals surface area contributed by atoms with Crippen LogP contribution in [0.25, 0.3) is 0 Å². The van der Waals surface area contributed by atoms with Crippen LogP contribution in [0, 0.1) is 0 Å². The Kier molecular flexibility index (Phi) is 4.78. The minimum Gasteiger partial charge on any atom is -0.381 e. The molecule has 0 aromatic rings. The van der Waals surface area contributed by atoms with E-state index in [0.717, 1.165) is 13.0 Å². The predicted molar refractivity (Wildman–Crippen MR) is 66.4 cm³/mol. The van der Waals surface area contributed by atoms with Crippen molar-refractivity contribution in [2.75, 3.05) is 26.3 Å². The maximum Gasteiger partial charge on any atom is 0.214 e. The van der Waals surface area contributed by atoms with Gasteiger partial charge < -0.3 is 10.1 Å². The van der Waals surface area contributed by atoms with Crippen LogP contribution in [-0.2, 0) is 14.8 Å². The molecule has 1 heterocycles. The molecule has 0 aromatic heterocycles. The van der Waals surface area contributed by atoms with E-state index < -0.39 is 10.0 Å². The van der Waals surface area contributed by atoms with Crippen molar-refractivity contribution in [2.24, 2.45) is 0 Å². The van der Waals surface area contributed by atoms with Gasteiger partial charge in [-0.05, 0) is 38.6 Å². The molecule has 2 fully saturated rings. The summed E-state index contributed by atoms with van der Waals surface area (Å²) in [6, 6.07) is 0.696. The smallest absolute Gasteiger partial charge is 0.214 e. The summed E-state index contributed by atoms with van der Waals surface area (Å²) in [6.45, 7) is 2.57. The van der Waals surface area contributed by atoms with Crippen LogP contribution in [-0.4, -0.2) is 46.0 Å². The molecule has 1 aliphatic heterocycles. The van der Waals surface area contributed by atoms with Gasteiger partial charge in [-0.3, -0.25) is 0 Å². The zero-order chi connectivity index (χ0) is 12.1. The average molecular weight is 262 g/mol. The Balaban J connectivity index is 1.61. The first-order valence-corrected chi connectivity index (χ1v) is 8.03. The van der Waals surface area contributed by atoms with Crippen molar-refractivity contribution < 1.29 is 13.2 Å². The molecule has 6 heteroatoms. The molecule has 0 spiro atoms. The molecule has 17 heavy (non-hydrogen) atoms. The molecule has 100 valence electrons. The van der Waals surface area contributed by atoms with Crippen LogP contribution < -0.4 is 10.0 Å². The zero-order valence-electron chi connectivity index (χ0n) is 10.2. The topological polar surface area (TPSA) is 67.4 Å². The molecule has 5 nitrogen and oxygen atoms in total. The van der Waals surface area contributed by atoms with E-state index in [0.29, 0.717) is 38.6 Å². The highest BCUT2D eigenvalue weighted by atomic mass is 32.2. The summed E-state index contributed by atoms with van der Waals surface area (Å²) >= 11 is 0. The van der Waals surface area contributed by atoms with Gasteiger partial charge in [-0.25, -0.2) is 13.1 Å². The summed E-state index contributed by atoms with van der Waals surface area (Å²) in [4.78, 5) is 0. The van der Waals surface area contributed by atoms with E-state index in [1.165, 1.54) is 12.8 Å². The van der Waals surface area contributed by atoms with Crippen LogP contribution in [0.15, 0.2) is 0 Å². The predicted octanol–water partition coefficient (Wildman–Crippen LogP) is 0.227. The highest BCUT2D eigenvalue weighted by Crippen LogP contribution is 2.18. The second-order valence-corrected chi connectivity index (χ2v) is 6.88. The first kappa shape index (κ1) is 13.3. The van der Waals surface area contributed by atoms with Crippen molar-refractivity contribution in [2.45, 2.75) is 43.4 Å². The molecule has 1 saturated heterocycles. The third-order valence-electron chi connectivity index (χ3n) is 3.27. The summed E-state index contributed by atoms with van der Waals surface area (Å²) in [5.41, 5.74) is 0. The van der Waals surface area contributed by atoms with Crippen LogP contribution in [0.5, 0.6) is 0 Å². The van der Waals surface area contributed by atoms with Gasteiger partial charge >= 0.3 is 0 Å². The van der Waals surface area contributed by atoms with Crippen LogP contribution >= 0.6 is 0 Å². The molecule has 1 saturated carbocycles. The van der Waals surface area contributed by atoms with Gasteiger partial charge in [-0.15, -0.1) is 0 Å². The summed E-state index contributed by atoms with van der Waals surface area (Å²) < 4.78 is 31.7. The molecule has 0 aromatic carbocycles. The second-order valence-electron chi connectivity index (χ2n) is 4.83. The zero-order valence-corrected chi connectivity index (χ0v) is 11.0. The fourth-order valence-electron chi connectivity index (χ4n) is 2.00. The summed E-state index contributed by atoms with van der Waals surface area (Å²) in [5.74, 6) is 0. The maximum absolute atomic E-state index is 11.9. The summed E-state index contributed by atoms with van der Waals surface area (Å²) in [6.07, 6.45) is 4.64. The molecule has 0 atom stereocenters. The molecule has 0 amide bonds. The minimum atomic E-state index is -3.13. The third-order valence-corrected chi connectivity index (χ3v) is 5.23. The monoisotopic (exact) mass is 262 g/mol. The summed E-state index contributed by atoms with van der Waals surface area (Å²) in [7, 11) is -3.13. The molecule has 2 N–H and O–H groups in total. The SMILES string of the molecule is O=S(=O)(NCCCNC1CC1)C1CCOCC1. The first-order chi connectivity index (χ1) is 8.18. The van der Waals surface area contributed by atoms with Crippen molar-refractivity contribution >= 4 is 10.0 Å². The number of sulfonamides is 1. The Morgan fingerprint density at radius 1 is 1.06 bits per heavy atom. The van der Waals surface area contributed by atoms with Crippen molar-refractivity contribution in [3.05, 3.63) is 0 Å². The number of rotatable bonds is 7. The van der Waals surface area contributed by atoms with Crippen LogP contribution in [0.2, 0.25) is 0 Å². The van der Waals surface area contributed by atoms with Crippen LogP contribution in [0.4, 0.5) is 0 Å². The Hall–Kier alpha value is -0.170. The van der Waals surface area contributed by atoms with Crippen molar-refractivity contribution in [1.29, 1.82) is 0 Å². The van der Waals surface area contributed by atoms with E-state index in [2.05, 4.69) is 10.0 Å². The normalized spacial score (nSPS) is 22.8. The lowest BCUT2D eigenvalue weighted by atomic mass is 10.2. The molecule has 0 radical (unpaired) electrons. The Morgan fingerprint density at radius 2 is 1.76 bits per heavy atom. The fourth-order valence-corrected chi connectivity index (χ4v) is 3.48. The van der Waals surface area contributed by atoms with E-state index in [4.69, 9.17) is 4.74 Å². The lowest BCUT2D eigenvalue weighted by molar-refractivity contribution is 0.0981. The highest BCUT2D eigenvalue weighted by Gasteiger charge is 2.27. The Bertz CT molecular complexity index is 322. The van der Waals surface area contributed by atoms with E-state index in [1.54, 1.807) is 0 Å². The molecular weight excluding hydrogens is 240 g/mol. The Morgan fingerprint density at radius 3 is 2.41 bits per heavy atom. The molecule has 1 aliphatic carbocycles. The van der Waals surface area contributed by atoms with Crippen molar-refractivity contribution in [1.82, 2.24) is 10.0 Å². The molecular formula is C11H22N2O3S. The number of nitrogens with one attached hydrogen (secondary N) is 2.